The molecule has 4 nitrogen and oxygen atoms in total. The Kier molecular flexibility index (Phi) is 3.68. The third-order valence-electron chi connectivity index (χ3n) is 2.55. The van der Waals surface area contributed by atoms with E-state index in [-0.39, 0.29) is 10.1 Å². The van der Waals surface area contributed by atoms with Crippen molar-refractivity contribution in [3.05, 3.63) is 33.8 Å². The molecule has 1 aliphatic heterocycles. The van der Waals surface area contributed by atoms with E-state index in [4.69, 9.17) is 37.4 Å². The highest BCUT2D eigenvalue weighted by molar-refractivity contribution is 6.48. The zero-order valence-corrected chi connectivity index (χ0v) is 11.2. The molecule has 0 aliphatic carbocycles. The first-order valence-corrected chi connectivity index (χ1v) is 5.82. The second kappa shape index (κ2) is 5.08. The maximum absolute atomic E-state index is 11.3. The van der Waals surface area contributed by atoms with E-state index in [9.17, 15) is 4.79 Å². The van der Waals surface area contributed by atoms with Crippen molar-refractivity contribution >= 4 is 29.2 Å². The molecule has 0 N–H and O–H groups in total. The van der Waals surface area contributed by atoms with Crippen molar-refractivity contribution in [2.45, 2.75) is 6.10 Å². The molecule has 1 aromatic rings. The lowest BCUT2D eigenvalue weighted by Gasteiger charge is -2.13. The molecule has 0 saturated heterocycles. The van der Waals surface area contributed by atoms with Crippen LogP contribution in [0.4, 0.5) is 0 Å². The molecular formula is C12H10Cl2O4. The monoisotopic (exact) mass is 288 g/mol. The van der Waals surface area contributed by atoms with Gasteiger partial charge in [-0.2, -0.15) is 0 Å². The molecule has 2 rings (SSSR count). The van der Waals surface area contributed by atoms with Crippen LogP contribution in [0, 0.1) is 0 Å². The molecule has 0 radical (unpaired) electrons. The fraction of sp³-hybridized carbons (Fsp3) is 0.250. The summed E-state index contributed by atoms with van der Waals surface area (Å²) in [6.07, 6.45) is -0.688. The van der Waals surface area contributed by atoms with E-state index in [0.717, 1.165) is 0 Å². The molecule has 0 bridgehead atoms. The smallest absolute Gasteiger partial charge is 0.352 e. The van der Waals surface area contributed by atoms with Crippen LogP contribution in [-0.4, -0.2) is 20.2 Å². The fourth-order valence-corrected chi connectivity index (χ4v) is 2.04. The molecule has 6 heteroatoms. The quantitative estimate of drug-likeness (QED) is 0.802. The summed E-state index contributed by atoms with van der Waals surface area (Å²) in [7, 11) is 3.06. The summed E-state index contributed by atoms with van der Waals surface area (Å²) >= 11 is 11.7. The van der Waals surface area contributed by atoms with E-state index >= 15 is 0 Å². The first kappa shape index (κ1) is 13.1. The molecular weight excluding hydrogens is 279 g/mol. The van der Waals surface area contributed by atoms with Crippen molar-refractivity contribution in [1.29, 1.82) is 0 Å². The van der Waals surface area contributed by atoms with Crippen molar-refractivity contribution < 1.29 is 19.0 Å². The number of esters is 1. The number of hydrogen-bond donors (Lipinski definition) is 0. The van der Waals surface area contributed by atoms with Gasteiger partial charge in [0.05, 0.1) is 19.3 Å². The third kappa shape index (κ3) is 2.13. The van der Waals surface area contributed by atoms with Crippen molar-refractivity contribution in [3.63, 3.8) is 0 Å². The van der Waals surface area contributed by atoms with Gasteiger partial charge in [-0.15, -0.1) is 0 Å². The second-order valence-corrected chi connectivity index (χ2v) is 4.35. The Morgan fingerprint density at radius 2 is 1.83 bits per heavy atom. The number of rotatable bonds is 3. The van der Waals surface area contributed by atoms with Gasteiger partial charge in [0, 0.05) is 5.56 Å². The lowest BCUT2D eigenvalue weighted by molar-refractivity contribution is -0.139. The second-order valence-electron chi connectivity index (χ2n) is 3.56. The van der Waals surface area contributed by atoms with Crippen LogP contribution in [-0.2, 0) is 9.53 Å². The van der Waals surface area contributed by atoms with Crippen LogP contribution >= 0.6 is 23.2 Å². The van der Waals surface area contributed by atoms with Gasteiger partial charge in [-0.25, -0.2) is 4.79 Å². The van der Waals surface area contributed by atoms with Crippen molar-refractivity contribution in [2.24, 2.45) is 0 Å². The number of benzene rings is 1. The highest BCUT2D eigenvalue weighted by Gasteiger charge is 2.33. The molecule has 0 unspecified atom stereocenters. The summed E-state index contributed by atoms with van der Waals surface area (Å²) in [6, 6.07) is 5.13. The number of ether oxygens (including phenoxy) is 3. The van der Waals surface area contributed by atoms with Crippen molar-refractivity contribution in [3.8, 4) is 11.5 Å². The highest BCUT2D eigenvalue weighted by Crippen LogP contribution is 2.41. The zero-order valence-electron chi connectivity index (χ0n) is 9.70. The van der Waals surface area contributed by atoms with Gasteiger partial charge in [0.15, 0.2) is 17.6 Å². The van der Waals surface area contributed by atoms with Crippen molar-refractivity contribution in [1.82, 2.24) is 0 Å². The largest absolute Gasteiger partial charge is 0.493 e. The van der Waals surface area contributed by atoms with Gasteiger partial charge in [0.2, 0.25) is 0 Å². The summed E-state index contributed by atoms with van der Waals surface area (Å²) in [5, 5.41) is 0.0883. The molecule has 96 valence electrons. The van der Waals surface area contributed by atoms with Gasteiger partial charge in [-0.05, 0) is 12.1 Å². The summed E-state index contributed by atoms with van der Waals surface area (Å²) in [6.45, 7) is 0. The predicted molar refractivity (Wildman–Crippen MR) is 67.1 cm³/mol. The average Bonchev–Trinajstić information content (AvgIpc) is 2.65. The van der Waals surface area contributed by atoms with E-state index < -0.39 is 12.1 Å². The molecule has 0 spiro atoms. The number of hydrogen-bond acceptors (Lipinski definition) is 4. The number of cyclic esters (lactones) is 1. The lowest BCUT2D eigenvalue weighted by Crippen LogP contribution is -2.02. The van der Waals surface area contributed by atoms with E-state index in [0.29, 0.717) is 17.1 Å². The van der Waals surface area contributed by atoms with E-state index in [2.05, 4.69) is 0 Å². The van der Waals surface area contributed by atoms with Gasteiger partial charge in [-0.1, -0.05) is 29.3 Å². The Bertz CT molecular complexity index is 525. The predicted octanol–water partition coefficient (Wildman–Crippen LogP) is 2.99. The zero-order chi connectivity index (χ0) is 13.3. The maximum Gasteiger partial charge on any atom is 0.352 e. The first-order valence-electron chi connectivity index (χ1n) is 5.06. The first-order chi connectivity index (χ1) is 8.58. The maximum atomic E-state index is 11.3. The third-order valence-corrected chi connectivity index (χ3v) is 3.40. The normalized spacial score (nSPS) is 18.9. The van der Waals surface area contributed by atoms with E-state index in [1.165, 1.54) is 14.2 Å². The topological polar surface area (TPSA) is 44.8 Å². The van der Waals surface area contributed by atoms with Crippen LogP contribution in [0.15, 0.2) is 28.3 Å². The van der Waals surface area contributed by atoms with E-state index in [1.807, 2.05) is 0 Å². The van der Waals surface area contributed by atoms with Crippen LogP contribution in [0.25, 0.3) is 0 Å². The molecule has 1 aliphatic rings. The van der Waals surface area contributed by atoms with E-state index in [1.54, 1.807) is 18.2 Å². The van der Waals surface area contributed by atoms with Gasteiger partial charge in [-0.3, -0.25) is 0 Å². The number of carbonyl (C=O) groups is 1. The molecule has 0 aromatic heterocycles. The summed E-state index contributed by atoms with van der Waals surface area (Å²) in [5.74, 6) is 0.483. The molecule has 0 fully saturated rings. The Labute approximate surface area is 114 Å². The van der Waals surface area contributed by atoms with Crippen LogP contribution in [0.5, 0.6) is 11.5 Å². The number of carbonyl (C=O) groups excluding carboxylic acids is 1. The minimum absolute atomic E-state index is 0.0866. The molecule has 1 atom stereocenters. The van der Waals surface area contributed by atoms with Crippen LogP contribution < -0.4 is 9.47 Å². The summed E-state index contributed by atoms with van der Waals surface area (Å²) in [4.78, 5) is 11.3. The molecule has 0 amide bonds. The average molecular weight is 289 g/mol. The van der Waals surface area contributed by atoms with Crippen LogP contribution in [0.3, 0.4) is 0 Å². The Hall–Kier alpha value is -1.39. The Balaban J connectivity index is 2.39. The molecule has 1 heterocycles. The van der Waals surface area contributed by atoms with Gasteiger partial charge in [0.25, 0.3) is 0 Å². The fourth-order valence-electron chi connectivity index (χ4n) is 1.65. The number of methoxy groups -OCH3 is 2. The van der Waals surface area contributed by atoms with Crippen LogP contribution in [0.2, 0.25) is 0 Å². The Morgan fingerprint density at radius 3 is 2.33 bits per heavy atom. The highest BCUT2D eigenvalue weighted by atomic mass is 35.5. The molecule has 1 aromatic carbocycles. The standard InChI is InChI=1S/C12H10Cl2O4/c1-16-7-4-3-6(5-8(7)17-2)11-9(13)10(14)12(15)18-11/h3-5,11H,1-2H3/t11-/m0/s1. The van der Waals surface area contributed by atoms with Crippen LogP contribution in [0.1, 0.15) is 11.7 Å². The summed E-state index contributed by atoms with van der Waals surface area (Å²) < 4.78 is 15.4. The van der Waals surface area contributed by atoms with Gasteiger partial charge >= 0.3 is 5.97 Å². The molecule has 0 saturated carbocycles. The Morgan fingerprint density at radius 1 is 1.17 bits per heavy atom. The SMILES string of the molecule is COc1ccc([C@@H]2OC(=O)C(Cl)=C2Cl)cc1OC. The van der Waals surface area contributed by atoms with Gasteiger partial charge < -0.3 is 14.2 Å². The van der Waals surface area contributed by atoms with Gasteiger partial charge in [0.1, 0.15) is 5.03 Å². The number of halogens is 2. The lowest BCUT2D eigenvalue weighted by atomic mass is 10.1. The summed E-state index contributed by atoms with van der Waals surface area (Å²) in [5.41, 5.74) is 0.668. The molecule has 18 heavy (non-hydrogen) atoms. The van der Waals surface area contributed by atoms with Crippen molar-refractivity contribution in [2.75, 3.05) is 14.2 Å². The minimum Gasteiger partial charge on any atom is -0.493 e. The minimum atomic E-state index is -0.688.